The van der Waals surface area contributed by atoms with E-state index in [0.29, 0.717) is 34.4 Å². The Kier molecular flexibility index (Phi) is 7.12. The molecule has 0 radical (unpaired) electrons. The zero-order valence-corrected chi connectivity index (χ0v) is 23.3. The minimum Gasteiger partial charge on any atom is -0.472 e. The van der Waals surface area contributed by atoms with Crippen LogP contribution in [-0.2, 0) is 17.1 Å². The van der Waals surface area contributed by atoms with Crippen LogP contribution in [0.3, 0.4) is 0 Å². The standard InChI is InChI=1S/C25H25ClN6O4S2/c1-15-5-4-6-16(2)23(15)19-11-22(29-25(28-19)30-38(34,35)18-12-27-31(3)14-18)36-17-9-10-32(13-17)24(33)20-7-8-21(26)37-20/h4-8,11-12,14,17H,9-10,13H2,1-3H3,(H,28,29,30). The third kappa shape index (κ3) is 5.52. The summed E-state index contributed by atoms with van der Waals surface area (Å²) in [6, 6.07) is 11.0. The molecule has 3 aromatic heterocycles. The van der Waals surface area contributed by atoms with Crippen LogP contribution >= 0.6 is 22.9 Å². The highest BCUT2D eigenvalue weighted by Crippen LogP contribution is 2.31. The van der Waals surface area contributed by atoms with Crippen molar-refractivity contribution in [2.75, 3.05) is 17.8 Å². The lowest BCUT2D eigenvalue weighted by Crippen LogP contribution is -2.30. The maximum Gasteiger partial charge on any atom is 0.267 e. The summed E-state index contributed by atoms with van der Waals surface area (Å²) in [5.74, 6) is -0.0139. The lowest BCUT2D eigenvalue weighted by atomic mass is 10.00. The average molecular weight is 573 g/mol. The number of ether oxygens (including phenoxy) is 1. The molecule has 4 heterocycles. The Hall–Kier alpha value is -3.48. The van der Waals surface area contributed by atoms with E-state index in [1.807, 2.05) is 32.0 Å². The maximum absolute atomic E-state index is 13.0. The molecule has 1 atom stereocenters. The van der Waals surface area contributed by atoms with Crippen molar-refractivity contribution < 1.29 is 17.9 Å². The first kappa shape index (κ1) is 26.1. The first-order valence-electron chi connectivity index (χ1n) is 11.8. The van der Waals surface area contributed by atoms with Gasteiger partial charge < -0.3 is 9.64 Å². The molecule has 13 heteroatoms. The summed E-state index contributed by atoms with van der Waals surface area (Å²) in [5, 5.41) is 3.94. The number of hydrogen-bond donors (Lipinski definition) is 1. The van der Waals surface area contributed by atoms with Gasteiger partial charge >= 0.3 is 0 Å². The molecule has 0 bridgehead atoms. The van der Waals surface area contributed by atoms with Gasteiger partial charge in [-0.1, -0.05) is 29.8 Å². The highest BCUT2D eigenvalue weighted by atomic mass is 35.5. The number of aromatic nitrogens is 4. The van der Waals surface area contributed by atoms with Crippen molar-refractivity contribution in [1.29, 1.82) is 0 Å². The van der Waals surface area contributed by atoms with Gasteiger partial charge in [0.2, 0.25) is 11.8 Å². The number of sulfonamides is 1. The Balaban J connectivity index is 1.44. The van der Waals surface area contributed by atoms with Gasteiger partial charge in [-0.05, 0) is 37.1 Å². The third-order valence-electron chi connectivity index (χ3n) is 6.16. The second-order valence-corrected chi connectivity index (χ2v) is 12.4. The van der Waals surface area contributed by atoms with Gasteiger partial charge in [0.05, 0.1) is 27.6 Å². The number of carbonyl (C=O) groups excluding carboxylic acids is 1. The zero-order chi connectivity index (χ0) is 27.0. The van der Waals surface area contributed by atoms with Gasteiger partial charge in [0.25, 0.3) is 15.9 Å². The SMILES string of the molecule is Cc1cccc(C)c1-c1cc(OC2CCN(C(=O)c3ccc(Cl)s3)C2)nc(NS(=O)(=O)c2cnn(C)c2)n1. The van der Waals surface area contributed by atoms with Crippen LogP contribution in [0, 0.1) is 13.8 Å². The van der Waals surface area contributed by atoms with Crippen molar-refractivity contribution in [3.63, 3.8) is 0 Å². The van der Waals surface area contributed by atoms with Crippen molar-refractivity contribution in [2.24, 2.45) is 7.05 Å². The normalized spacial score (nSPS) is 15.6. The number of benzene rings is 1. The lowest BCUT2D eigenvalue weighted by molar-refractivity contribution is 0.0776. The van der Waals surface area contributed by atoms with Crippen molar-refractivity contribution in [3.05, 3.63) is 69.1 Å². The molecule has 0 saturated carbocycles. The number of nitrogens with one attached hydrogen (secondary N) is 1. The zero-order valence-electron chi connectivity index (χ0n) is 20.9. The summed E-state index contributed by atoms with van der Waals surface area (Å²) in [7, 11) is -2.35. The molecule has 1 unspecified atom stereocenters. The van der Waals surface area contributed by atoms with Crippen LogP contribution in [0.1, 0.15) is 27.2 Å². The van der Waals surface area contributed by atoms with Crippen molar-refractivity contribution >= 4 is 44.8 Å². The predicted molar refractivity (Wildman–Crippen MR) is 145 cm³/mol. The minimum atomic E-state index is -3.98. The number of carbonyl (C=O) groups is 1. The second-order valence-electron chi connectivity index (χ2n) is 9.02. The number of likely N-dealkylation sites (tertiary alicyclic amines) is 1. The van der Waals surface area contributed by atoms with E-state index in [-0.39, 0.29) is 28.7 Å². The molecule has 198 valence electrons. The first-order chi connectivity index (χ1) is 18.1. The molecule has 1 saturated heterocycles. The molecule has 1 amide bonds. The Morgan fingerprint density at radius 3 is 2.61 bits per heavy atom. The Morgan fingerprint density at radius 2 is 1.95 bits per heavy atom. The molecule has 1 aliphatic heterocycles. The largest absolute Gasteiger partial charge is 0.472 e. The predicted octanol–water partition coefficient (Wildman–Crippen LogP) is 4.30. The fourth-order valence-electron chi connectivity index (χ4n) is 4.36. The van der Waals surface area contributed by atoms with E-state index in [1.165, 1.54) is 28.4 Å². The molecule has 1 aromatic carbocycles. The van der Waals surface area contributed by atoms with E-state index in [0.717, 1.165) is 16.7 Å². The van der Waals surface area contributed by atoms with Crippen molar-refractivity contribution in [1.82, 2.24) is 24.6 Å². The van der Waals surface area contributed by atoms with E-state index in [9.17, 15) is 13.2 Å². The Bertz CT molecular complexity index is 1600. The first-order valence-corrected chi connectivity index (χ1v) is 14.5. The number of amides is 1. The summed E-state index contributed by atoms with van der Waals surface area (Å²) in [5.41, 5.74) is 3.33. The monoisotopic (exact) mass is 572 g/mol. The number of aryl methyl sites for hydroxylation is 3. The molecule has 0 aliphatic carbocycles. The van der Waals surface area contributed by atoms with Crippen molar-refractivity contribution in [2.45, 2.75) is 31.3 Å². The van der Waals surface area contributed by atoms with E-state index in [2.05, 4.69) is 19.8 Å². The molecular weight excluding hydrogens is 548 g/mol. The highest BCUT2D eigenvalue weighted by molar-refractivity contribution is 7.92. The molecule has 38 heavy (non-hydrogen) atoms. The van der Waals surface area contributed by atoms with Crippen LogP contribution in [0.2, 0.25) is 4.34 Å². The van der Waals surface area contributed by atoms with Crippen LogP contribution in [0.5, 0.6) is 5.88 Å². The smallest absolute Gasteiger partial charge is 0.267 e. The van der Waals surface area contributed by atoms with E-state index in [4.69, 9.17) is 16.3 Å². The van der Waals surface area contributed by atoms with Crippen LogP contribution < -0.4 is 9.46 Å². The number of halogens is 1. The van der Waals surface area contributed by atoms with Gasteiger partial charge in [0, 0.05) is 37.8 Å². The third-order valence-corrected chi connectivity index (χ3v) is 8.66. The second kappa shape index (κ2) is 10.4. The van der Waals surface area contributed by atoms with Gasteiger partial charge in [-0.2, -0.15) is 10.1 Å². The van der Waals surface area contributed by atoms with Crippen molar-refractivity contribution in [3.8, 4) is 17.1 Å². The van der Waals surface area contributed by atoms with Gasteiger partial charge in [-0.25, -0.2) is 18.1 Å². The average Bonchev–Trinajstić information content (AvgIpc) is 3.60. The topological polar surface area (TPSA) is 119 Å². The maximum atomic E-state index is 13.0. The lowest BCUT2D eigenvalue weighted by Gasteiger charge is -2.17. The number of thiophene rings is 1. The Morgan fingerprint density at radius 1 is 1.18 bits per heavy atom. The molecule has 1 N–H and O–H groups in total. The molecular formula is C25H25ClN6O4S2. The molecule has 0 spiro atoms. The fourth-order valence-corrected chi connectivity index (χ4v) is 6.30. The summed E-state index contributed by atoms with van der Waals surface area (Å²) >= 11 is 7.23. The molecule has 10 nitrogen and oxygen atoms in total. The number of rotatable bonds is 7. The van der Waals surface area contributed by atoms with E-state index in [1.54, 1.807) is 30.1 Å². The summed E-state index contributed by atoms with van der Waals surface area (Å²) in [6.45, 7) is 4.81. The van der Waals surface area contributed by atoms with Gasteiger partial charge in [-0.3, -0.25) is 9.48 Å². The Labute approximate surface area is 229 Å². The summed E-state index contributed by atoms with van der Waals surface area (Å²) in [4.78, 5) is 24.0. The summed E-state index contributed by atoms with van der Waals surface area (Å²) < 4.78 is 36.5. The van der Waals surface area contributed by atoms with Crippen LogP contribution in [0.4, 0.5) is 5.95 Å². The van der Waals surface area contributed by atoms with Crippen LogP contribution in [-0.4, -0.2) is 58.2 Å². The van der Waals surface area contributed by atoms with E-state index >= 15 is 0 Å². The number of nitrogens with zero attached hydrogens (tertiary/aromatic N) is 5. The molecule has 4 aromatic rings. The van der Waals surface area contributed by atoms with Gasteiger partial charge in [-0.15, -0.1) is 11.3 Å². The van der Waals surface area contributed by atoms with Gasteiger partial charge in [0.1, 0.15) is 11.0 Å². The molecule has 1 aliphatic rings. The van der Waals surface area contributed by atoms with Crippen LogP contribution in [0.25, 0.3) is 11.3 Å². The summed E-state index contributed by atoms with van der Waals surface area (Å²) in [6.07, 6.45) is 2.92. The molecule has 1 fully saturated rings. The quantitative estimate of drug-likeness (QED) is 0.350. The van der Waals surface area contributed by atoms with Crippen LogP contribution in [0.15, 0.2) is 53.7 Å². The molecule has 5 rings (SSSR count). The van der Waals surface area contributed by atoms with E-state index < -0.39 is 10.0 Å². The minimum absolute atomic E-state index is 0.0119. The number of hydrogen-bond acceptors (Lipinski definition) is 8. The number of anilines is 1. The van der Waals surface area contributed by atoms with Gasteiger partial charge in [0.15, 0.2) is 0 Å². The highest BCUT2D eigenvalue weighted by Gasteiger charge is 2.30. The fraction of sp³-hybridized carbons (Fsp3) is 0.280.